The molecule has 3 aromatic rings. The summed E-state index contributed by atoms with van der Waals surface area (Å²) >= 11 is 6.33. The van der Waals surface area contributed by atoms with E-state index in [1.165, 1.54) is 44.4 Å². The first-order valence-corrected chi connectivity index (χ1v) is 17.1. The highest BCUT2D eigenvalue weighted by atomic mass is 35.5. The fraction of sp³-hybridized carbons (Fsp3) is 0.457. The summed E-state index contributed by atoms with van der Waals surface area (Å²) < 4.78 is 20.1. The van der Waals surface area contributed by atoms with Crippen molar-refractivity contribution in [3.8, 4) is 5.75 Å². The second-order valence-electron chi connectivity index (χ2n) is 12.8. The Bertz CT molecular complexity index is 1640. The number of piperidine rings is 1. The van der Waals surface area contributed by atoms with E-state index in [2.05, 4.69) is 41.9 Å². The summed E-state index contributed by atoms with van der Waals surface area (Å²) in [5, 5.41) is 8.05. The van der Waals surface area contributed by atoms with Crippen molar-refractivity contribution >= 4 is 46.2 Å². The van der Waals surface area contributed by atoms with Crippen molar-refractivity contribution in [3.05, 3.63) is 71.8 Å². The molecule has 0 radical (unpaired) electrons. The molecule has 2 N–H and O–H groups in total. The van der Waals surface area contributed by atoms with Gasteiger partial charge in [-0.1, -0.05) is 30.3 Å². The smallest absolute Gasteiger partial charge is 0.247 e. The molecular formula is C35H42ClFN8O3. The molecule has 1 saturated carbocycles. The zero-order valence-electron chi connectivity index (χ0n) is 27.2. The third-order valence-electron chi connectivity index (χ3n) is 9.88. The summed E-state index contributed by atoms with van der Waals surface area (Å²) in [4.78, 5) is 35.0. The summed E-state index contributed by atoms with van der Waals surface area (Å²) in [6.07, 6.45) is 8.16. The van der Waals surface area contributed by atoms with Crippen LogP contribution in [0.5, 0.6) is 5.75 Å². The molecule has 4 aliphatic rings. The number of ether oxygens (including phenoxy) is 1. The second kappa shape index (κ2) is 14.3. The van der Waals surface area contributed by atoms with Gasteiger partial charge in [-0.3, -0.25) is 19.4 Å². The number of aromatic nitrogens is 2. The Morgan fingerprint density at radius 3 is 2.42 bits per heavy atom. The largest absolute Gasteiger partial charge is 0.494 e. The number of carbonyl (C=O) groups is 1. The lowest BCUT2D eigenvalue weighted by atomic mass is 10.0. The molecule has 3 aliphatic heterocycles. The van der Waals surface area contributed by atoms with E-state index in [0.717, 1.165) is 50.7 Å². The van der Waals surface area contributed by atoms with E-state index in [-0.39, 0.29) is 17.0 Å². The van der Waals surface area contributed by atoms with Gasteiger partial charge in [0.2, 0.25) is 5.91 Å². The number of benzene rings is 2. The van der Waals surface area contributed by atoms with E-state index in [9.17, 15) is 9.18 Å². The predicted octanol–water partition coefficient (Wildman–Crippen LogP) is 5.78. The Morgan fingerprint density at radius 2 is 1.73 bits per heavy atom. The lowest BCUT2D eigenvalue weighted by Gasteiger charge is -2.43. The number of carbonyl (C=O) groups excluding carboxylic acids is 1. The van der Waals surface area contributed by atoms with E-state index < -0.39 is 5.82 Å². The summed E-state index contributed by atoms with van der Waals surface area (Å²) in [5.41, 5.74) is 2.79. The van der Waals surface area contributed by atoms with Gasteiger partial charge in [0.1, 0.15) is 23.7 Å². The number of hydrogen-bond donors (Lipinski definition) is 2. The highest BCUT2D eigenvalue weighted by Gasteiger charge is 2.35. The molecule has 0 bridgehead atoms. The van der Waals surface area contributed by atoms with Crippen LogP contribution >= 0.6 is 11.6 Å². The molecule has 4 fully saturated rings. The van der Waals surface area contributed by atoms with Crippen LogP contribution in [0.2, 0.25) is 5.02 Å². The number of hydroxylamine groups is 1. The monoisotopic (exact) mass is 676 g/mol. The van der Waals surface area contributed by atoms with Crippen molar-refractivity contribution in [1.82, 2.24) is 19.8 Å². The molecule has 1 atom stereocenters. The van der Waals surface area contributed by atoms with Crippen LogP contribution in [0, 0.1) is 5.82 Å². The quantitative estimate of drug-likeness (QED) is 0.257. The predicted molar refractivity (Wildman–Crippen MR) is 186 cm³/mol. The molecule has 3 saturated heterocycles. The number of rotatable bonds is 10. The molecule has 2 aromatic carbocycles. The van der Waals surface area contributed by atoms with E-state index in [4.69, 9.17) is 21.2 Å². The number of amides is 1. The number of hydrogen-bond acceptors (Lipinski definition) is 10. The first-order chi connectivity index (χ1) is 23.4. The maximum atomic E-state index is 14.3. The van der Waals surface area contributed by atoms with Gasteiger partial charge in [-0.05, 0) is 49.5 Å². The summed E-state index contributed by atoms with van der Waals surface area (Å²) in [6, 6.07) is 11.4. The van der Waals surface area contributed by atoms with E-state index in [0.29, 0.717) is 53.4 Å². The van der Waals surface area contributed by atoms with Crippen molar-refractivity contribution in [2.24, 2.45) is 0 Å². The van der Waals surface area contributed by atoms with Gasteiger partial charge in [0.15, 0.2) is 5.82 Å². The van der Waals surface area contributed by atoms with Gasteiger partial charge in [0.25, 0.3) is 0 Å². The molecule has 1 aliphatic carbocycles. The highest BCUT2D eigenvalue weighted by molar-refractivity contribution is 6.31. The summed E-state index contributed by atoms with van der Waals surface area (Å²) in [5.74, 6) is 0.792. The SMILES string of the molecule is C=CC(=O)Nc1cc(Nc2cc(N3OCCC3c3cccc(F)c3Cl)ncn2)c(OC)cc1N1CCC(N2CCN(C3CC3)CC2)CC1. The van der Waals surface area contributed by atoms with Crippen LogP contribution in [0.15, 0.2) is 55.4 Å². The third-order valence-corrected chi connectivity index (χ3v) is 10.3. The number of methoxy groups -OCH3 is 1. The van der Waals surface area contributed by atoms with Crippen LogP contribution in [0.25, 0.3) is 0 Å². The molecule has 254 valence electrons. The average Bonchev–Trinajstić information content (AvgIpc) is 3.86. The molecule has 0 spiro atoms. The zero-order chi connectivity index (χ0) is 33.2. The van der Waals surface area contributed by atoms with Crippen LogP contribution in [0.1, 0.15) is 43.7 Å². The van der Waals surface area contributed by atoms with Gasteiger partial charge >= 0.3 is 0 Å². The lowest BCUT2D eigenvalue weighted by Crippen LogP contribution is -2.53. The summed E-state index contributed by atoms with van der Waals surface area (Å²) in [6.45, 7) is 10.5. The molecule has 1 amide bonds. The summed E-state index contributed by atoms with van der Waals surface area (Å²) in [7, 11) is 1.62. The molecule has 1 aromatic heterocycles. The molecular weight excluding hydrogens is 635 g/mol. The van der Waals surface area contributed by atoms with Crippen molar-refractivity contribution < 1.29 is 18.8 Å². The standard InChI is InChI=1S/C35H42ClFN8O3/c1-3-34(46)41-27-19-28(40-32-21-33(39-22-38-32)45-29(11-18-48-45)25-5-4-6-26(37)35(25)36)31(47-2)20-30(27)44-12-9-24(10-13-44)43-16-14-42(15-17-43)23-7-8-23/h3-6,19-24,29H,1,7-18H2,2H3,(H,41,46)(H,38,39,40). The third kappa shape index (κ3) is 6.93. The molecule has 48 heavy (non-hydrogen) atoms. The van der Waals surface area contributed by atoms with Crippen LogP contribution in [0.3, 0.4) is 0 Å². The fourth-order valence-electron chi connectivity index (χ4n) is 7.19. The Kier molecular flexibility index (Phi) is 9.67. The number of piperazine rings is 1. The van der Waals surface area contributed by atoms with E-state index in [1.54, 1.807) is 30.4 Å². The second-order valence-corrected chi connectivity index (χ2v) is 13.2. The van der Waals surface area contributed by atoms with Crippen molar-refractivity contribution in [2.75, 3.05) is 73.6 Å². The maximum Gasteiger partial charge on any atom is 0.247 e. The number of anilines is 5. The van der Waals surface area contributed by atoms with Crippen LogP contribution in [0.4, 0.5) is 33.1 Å². The Hall–Kier alpha value is -3.97. The average molecular weight is 677 g/mol. The molecule has 1 unspecified atom stereocenters. The van der Waals surface area contributed by atoms with Crippen molar-refractivity contribution in [2.45, 2.75) is 50.2 Å². The van der Waals surface area contributed by atoms with Crippen LogP contribution in [-0.2, 0) is 9.63 Å². The minimum Gasteiger partial charge on any atom is -0.494 e. The Morgan fingerprint density at radius 1 is 1.00 bits per heavy atom. The molecule has 4 heterocycles. The van der Waals surface area contributed by atoms with Gasteiger partial charge in [-0.25, -0.2) is 19.4 Å². The first-order valence-electron chi connectivity index (χ1n) is 16.8. The first kappa shape index (κ1) is 32.6. The van der Waals surface area contributed by atoms with Gasteiger partial charge in [-0.2, -0.15) is 0 Å². The zero-order valence-corrected chi connectivity index (χ0v) is 28.0. The molecule has 13 heteroatoms. The van der Waals surface area contributed by atoms with Gasteiger partial charge in [0, 0.05) is 69.9 Å². The molecule has 11 nitrogen and oxygen atoms in total. The van der Waals surface area contributed by atoms with E-state index in [1.807, 2.05) is 12.1 Å². The van der Waals surface area contributed by atoms with Gasteiger partial charge in [-0.15, -0.1) is 0 Å². The van der Waals surface area contributed by atoms with Crippen LogP contribution in [-0.4, -0.2) is 90.7 Å². The van der Waals surface area contributed by atoms with Gasteiger partial charge < -0.3 is 20.3 Å². The van der Waals surface area contributed by atoms with Crippen LogP contribution < -0.4 is 25.3 Å². The fourth-order valence-corrected chi connectivity index (χ4v) is 7.44. The van der Waals surface area contributed by atoms with Crippen molar-refractivity contribution in [1.29, 1.82) is 0 Å². The number of nitrogens with one attached hydrogen (secondary N) is 2. The minimum atomic E-state index is -0.479. The number of nitrogens with zero attached hydrogens (tertiary/aromatic N) is 6. The number of halogens is 2. The highest BCUT2D eigenvalue weighted by Crippen LogP contribution is 2.41. The minimum absolute atomic E-state index is 0.0697. The Labute approximate surface area is 285 Å². The lowest BCUT2D eigenvalue weighted by molar-refractivity contribution is -0.111. The Balaban J connectivity index is 1.09. The van der Waals surface area contributed by atoms with Gasteiger partial charge in [0.05, 0.1) is 41.8 Å². The van der Waals surface area contributed by atoms with E-state index >= 15 is 0 Å². The normalized spacial score (nSPS) is 20.9. The molecule has 7 rings (SSSR count). The maximum absolute atomic E-state index is 14.3. The topological polar surface area (TPSA) is 98.3 Å². The van der Waals surface area contributed by atoms with Crippen molar-refractivity contribution in [3.63, 3.8) is 0 Å².